The molecule has 1 N–H and O–H groups in total. The van der Waals surface area contributed by atoms with Crippen LogP contribution in [0.15, 0.2) is 4.99 Å². The molecule has 0 saturated carbocycles. The van der Waals surface area contributed by atoms with E-state index < -0.39 is 0 Å². The fourth-order valence-corrected chi connectivity index (χ4v) is 0.828. The second kappa shape index (κ2) is 8.13. The number of likely N-dealkylation sites (N-methyl/N-ethyl adjacent to an activating group) is 1. The van der Waals surface area contributed by atoms with Gasteiger partial charge in [-0.25, -0.2) is 0 Å². The molecule has 0 aromatic carbocycles. The van der Waals surface area contributed by atoms with Crippen LogP contribution in [0.25, 0.3) is 0 Å². The molecule has 0 unspecified atom stereocenters. The van der Waals surface area contributed by atoms with Gasteiger partial charge in [0.05, 0.1) is 0 Å². The molecule has 0 aliphatic heterocycles. The Morgan fingerprint density at radius 3 is 2.08 bits per heavy atom. The van der Waals surface area contributed by atoms with Crippen molar-refractivity contribution in [3.8, 4) is 0 Å². The molecule has 0 fully saturated rings. The minimum Gasteiger partial charge on any atom is -0.355 e. The van der Waals surface area contributed by atoms with Gasteiger partial charge in [0.2, 0.25) is 0 Å². The van der Waals surface area contributed by atoms with E-state index >= 15 is 0 Å². The normalized spacial score (nSPS) is 11.1. The summed E-state index contributed by atoms with van der Waals surface area (Å²) in [4.78, 5) is 8.20. The summed E-state index contributed by atoms with van der Waals surface area (Å²) >= 11 is 0. The van der Waals surface area contributed by atoms with Gasteiger partial charge in [0, 0.05) is 34.2 Å². The highest BCUT2D eigenvalue weighted by molar-refractivity contribution is 5.85. The monoisotopic (exact) mass is 208 g/mol. The van der Waals surface area contributed by atoms with Crippen LogP contribution in [0.5, 0.6) is 0 Å². The number of nitrogens with zero attached hydrogens (tertiary/aromatic N) is 3. The van der Waals surface area contributed by atoms with Crippen LogP contribution in [0, 0.1) is 0 Å². The van der Waals surface area contributed by atoms with Gasteiger partial charge in [-0.05, 0) is 14.1 Å². The van der Waals surface area contributed by atoms with Crippen LogP contribution in [-0.2, 0) is 0 Å². The lowest BCUT2D eigenvalue weighted by atomic mass is 10.5. The first-order valence-electron chi connectivity index (χ1n) is 4.10. The van der Waals surface area contributed by atoms with Crippen LogP contribution in [0.2, 0.25) is 0 Å². The maximum Gasteiger partial charge on any atom is 0.193 e. The second-order valence-corrected chi connectivity index (χ2v) is 3.17. The number of rotatable bonds is 3. The summed E-state index contributed by atoms with van der Waals surface area (Å²) in [6, 6.07) is 0. The molecule has 0 heterocycles. The van der Waals surface area contributed by atoms with E-state index in [2.05, 4.69) is 29.3 Å². The van der Waals surface area contributed by atoms with E-state index in [9.17, 15) is 0 Å². The molecule has 0 saturated heterocycles. The van der Waals surface area contributed by atoms with Gasteiger partial charge in [-0.15, -0.1) is 12.4 Å². The molecule has 80 valence electrons. The Labute approximate surface area is 87.4 Å². The Morgan fingerprint density at radius 2 is 1.77 bits per heavy atom. The minimum atomic E-state index is 0. The Balaban J connectivity index is 0. The fraction of sp³-hybridized carbons (Fsp3) is 0.875. The predicted molar refractivity (Wildman–Crippen MR) is 60.9 cm³/mol. The lowest BCUT2D eigenvalue weighted by Gasteiger charge is -2.18. The van der Waals surface area contributed by atoms with Crippen molar-refractivity contribution >= 4 is 18.4 Å². The molecule has 5 heteroatoms. The lowest BCUT2D eigenvalue weighted by Crippen LogP contribution is -2.39. The van der Waals surface area contributed by atoms with Crippen LogP contribution < -0.4 is 5.32 Å². The first-order valence-corrected chi connectivity index (χ1v) is 4.10. The fourth-order valence-electron chi connectivity index (χ4n) is 0.828. The summed E-state index contributed by atoms with van der Waals surface area (Å²) in [7, 11) is 9.86. The molecular weight excluding hydrogens is 188 g/mol. The van der Waals surface area contributed by atoms with Crippen molar-refractivity contribution in [3.63, 3.8) is 0 Å². The van der Waals surface area contributed by atoms with Crippen molar-refractivity contribution in [3.05, 3.63) is 0 Å². The van der Waals surface area contributed by atoms with Crippen LogP contribution in [-0.4, -0.2) is 64.1 Å². The Bertz CT molecular complexity index is 145. The van der Waals surface area contributed by atoms with Crippen molar-refractivity contribution in [1.29, 1.82) is 0 Å². The molecular formula is C8H21ClN4. The molecule has 0 aliphatic rings. The van der Waals surface area contributed by atoms with Gasteiger partial charge in [0.25, 0.3) is 0 Å². The van der Waals surface area contributed by atoms with E-state index in [-0.39, 0.29) is 12.4 Å². The average molecular weight is 209 g/mol. The lowest BCUT2D eigenvalue weighted by molar-refractivity contribution is 0.408. The topological polar surface area (TPSA) is 30.9 Å². The van der Waals surface area contributed by atoms with Gasteiger partial charge in [-0.3, -0.25) is 4.99 Å². The molecule has 4 nitrogen and oxygen atoms in total. The van der Waals surface area contributed by atoms with Crippen molar-refractivity contribution in [2.24, 2.45) is 4.99 Å². The first kappa shape index (κ1) is 15.0. The Hall–Kier alpha value is -0.480. The van der Waals surface area contributed by atoms with E-state index in [1.165, 1.54) is 0 Å². The number of halogens is 1. The van der Waals surface area contributed by atoms with Crippen LogP contribution in [0.1, 0.15) is 0 Å². The van der Waals surface area contributed by atoms with Gasteiger partial charge in [0.1, 0.15) is 0 Å². The number of nitrogens with one attached hydrogen (secondary N) is 1. The predicted octanol–water partition coefficient (Wildman–Crippen LogP) is 0.107. The maximum atomic E-state index is 4.10. The smallest absolute Gasteiger partial charge is 0.193 e. The zero-order chi connectivity index (χ0) is 9.56. The number of hydrogen-bond donors (Lipinski definition) is 1. The maximum absolute atomic E-state index is 4.10. The van der Waals surface area contributed by atoms with E-state index in [4.69, 9.17) is 0 Å². The van der Waals surface area contributed by atoms with Crippen LogP contribution in [0.4, 0.5) is 0 Å². The third kappa shape index (κ3) is 7.87. The van der Waals surface area contributed by atoms with Crippen molar-refractivity contribution in [1.82, 2.24) is 15.1 Å². The molecule has 0 bridgehead atoms. The molecule has 0 radical (unpaired) electrons. The van der Waals surface area contributed by atoms with Crippen molar-refractivity contribution in [2.45, 2.75) is 0 Å². The van der Waals surface area contributed by atoms with Crippen molar-refractivity contribution in [2.75, 3.05) is 48.3 Å². The highest BCUT2D eigenvalue weighted by atomic mass is 35.5. The Kier molecular flexibility index (Phi) is 9.39. The van der Waals surface area contributed by atoms with Gasteiger partial charge in [-0.1, -0.05) is 0 Å². The van der Waals surface area contributed by atoms with Gasteiger partial charge in [0.15, 0.2) is 5.96 Å². The summed E-state index contributed by atoms with van der Waals surface area (Å²) in [5, 5.41) is 3.23. The minimum absolute atomic E-state index is 0. The standard InChI is InChI=1S/C8H20N4.ClH/c1-9-8(12(4)5)10-6-7-11(2)3;/h6-7H2,1-5H3,(H,9,10);1H. The zero-order valence-corrected chi connectivity index (χ0v) is 9.98. The number of aliphatic imine (C=N–C) groups is 1. The van der Waals surface area contributed by atoms with Crippen LogP contribution in [0.3, 0.4) is 0 Å². The number of guanidine groups is 1. The quantitative estimate of drug-likeness (QED) is 0.528. The van der Waals surface area contributed by atoms with E-state index in [1.54, 1.807) is 7.05 Å². The first-order chi connectivity index (χ1) is 5.57. The molecule has 0 aromatic heterocycles. The van der Waals surface area contributed by atoms with Crippen molar-refractivity contribution < 1.29 is 0 Å². The Morgan fingerprint density at radius 1 is 1.23 bits per heavy atom. The molecule has 13 heavy (non-hydrogen) atoms. The molecule has 0 aromatic rings. The van der Waals surface area contributed by atoms with Gasteiger partial charge in [-0.2, -0.15) is 0 Å². The zero-order valence-electron chi connectivity index (χ0n) is 9.16. The molecule has 0 spiro atoms. The molecule has 0 amide bonds. The third-order valence-corrected chi connectivity index (χ3v) is 1.48. The molecule has 0 aliphatic carbocycles. The molecule has 0 atom stereocenters. The molecule has 0 rings (SSSR count). The van der Waals surface area contributed by atoms with E-state index in [0.717, 1.165) is 19.0 Å². The van der Waals surface area contributed by atoms with Gasteiger partial charge >= 0.3 is 0 Å². The summed E-state index contributed by atoms with van der Waals surface area (Å²) in [6.45, 7) is 1.95. The second-order valence-electron chi connectivity index (χ2n) is 3.17. The van der Waals surface area contributed by atoms with Crippen LogP contribution >= 0.6 is 12.4 Å². The summed E-state index contributed by atoms with van der Waals surface area (Å²) in [6.07, 6.45) is 0. The van der Waals surface area contributed by atoms with Gasteiger partial charge < -0.3 is 15.1 Å². The summed E-state index contributed by atoms with van der Waals surface area (Å²) < 4.78 is 0. The number of hydrogen-bond acceptors (Lipinski definition) is 2. The average Bonchev–Trinajstić information content (AvgIpc) is 1.96. The summed E-state index contributed by atoms with van der Waals surface area (Å²) in [5.41, 5.74) is 0. The summed E-state index contributed by atoms with van der Waals surface area (Å²) in [5.74, 6) is 0.928. The highest BCUT2D eigenvalue weighted by Gasteiger charge is 1.98. The van der Waals surface area contributed by atoms with E-state index in [1.807, 2.05) is 19.0 Å². The SMILES string of the molecule is CN=C(NCCN(C)C)N(C)C.Cl. The largest absolute Gasteiger partial charge is 0.355 e. The third-order valence-electron chi connectivity index (χ3n) is 1.48. The van der Waals surface area contributed by atoms with E-state index in [0.29, 0.717) is 0 Å². The highest BCUT2D eigenvalue weighted by Crippen LogP contribution is 1.78.